The number of likely N-dealkylation sites (tertiary alicyclic amines) is 1. The van der Waals surface area contributed by atoms with Gasteiger partial charge in [0.2, 0.25) is 5.91 Å². The van der Waals surface area contributed by atoms with Crippen molar-refractivity contribution < 1.29 is 9.90 Å². The van der Waals surface area contributed by atoms with Crippen LogP contribution in [0, 0.1) is 5.92 Å². The maximum absolute atomic E-state index is 12.6. The highest BCUT2D eigenvalue weighted by Gasteiger charge is 2.38. The Morgan fingerprint density at radius 3 is 2.45 bits per heavy atom. The van der Waals surface area contributed by atoms with E-state index in [0.717, 1.165) is 58.4 Å². The molecule has 3 aliphatic rings. The molecule has 22 heavy (non-hydrogen) atoms. The van der Waals surface area contributed by atoms with Gasteiger partial charge in [0.05, 0.1) is 12.6 Å². The molecule has 0 bridgehead atoms. The first-order chi connectivity index (χ1) is 10.6. The van der Waals surface area contributed by atoms with Gasteiger partial charge in [-0.05, 0) is 39.3 Å². The molecule has 0 aromatic carbocycles. The highest BCUT2D eigenvalue weighted by Crippen LogP contribution is 2.34. The van der Waals surface area contributed by atoms with Crippen molar-refractivity contribution in [2.75, 3.05) is 46.3 Å². The highest BCUT2D eigenvalue weighted by molar-refractivity contribution is 5.78. The first-order valence-corrected chi connectivity index (χ1v) is 9.03. The zero-order valence-corrected chi connectivity index (χ0v) is 13.9. The Hall–Kier alpha value is -0.650. The number of hydrogen-bond donors (Lipinski definition) is 1. The molecule has 2 saturated heterocycles. The molecule has 0 spiro atoms. The molecule has 3 rings (SSSR count). The highest BCUT2D eigenvalue weighted by atomic mass is 16.3. The Morgan fingerprint density at radius 2 is 1.73 bits per heavy atom. The Bertz CT molecular complexity index is 382. The van der Waals surface area contributed by atoms with Gasteiger partial charge in [0.15, 0.2) is 0 Å². The molecule has 2 aliphatic heterocycles. The number of aliphatic hydroxyl groups excluding tert-OH is 1. The Balaban J connectivity index is 1.55. The summed E-state index contributed by atoms with van der Waals surface area (Å²) in [5.74, 6) is 0.668. The maximum Gasteiger partial charge on any atom is 0.236 e. The SMILES string of the molecule is CN1CCN(C(=O)CN2CCC[C@@H]2[C@H]2CCCC[C@@H]2O)CC1. The van der Waals surface area contributed by atoms with Gasteiger partial charge in [0, 0.05) is 38.1 Å². The molecule has 2 heterocycles. The number of carbonyl (C=O) groups is 1. The zero-order valence-electron chi connectivity index (χ0n) is 13.9. The predicted octanol–water partition coefficient (Wildman–Crippen LogP) is 0.776. The van der Waals surface area contributed by atoms with E-state index in [2.05, 4.69) is 16.8 Å². The van der Waals surface area contributed by atoms with E-state index in [1.165, 1.54) is 12.8 Å². The van der Waals surface area contributed by atoms with Crippen molar-refractivity contribution in [1.82, 2.24) is 14.7 Å². The minimum atomic E-state index is -0.155. The average Bonchev–Trinajstić information content (AvgIpc) is 2.96. The van der Waals surface area contributed by atoms with Crippen LogP contribution in [0.4, 0.5) is 0 Å². The van der Waals surface area contributed by atoms with Gasteiger partial charge >= 0.3 is 0 Å². The number of nitrogens with zero attached hydrogens (tertiary/aromatic N) is 3. The molecule has 0 unspecified atom stereocenters. The summed E-state index contributed by atoms with van der Waals surface area (Å²) < 4.78 is 0. The largest absolute Gasteiger partial charge is 0.393 e. The fourth-order valence-corrected chi connectivity index (χ4v) is 4.45. The molecule has 1 aliphatic carbocycles. The molecule has 5 nitrogen and oxygen atoms in total. The molecule has 5 heteroatoms. The lowest BCUT2D eigenvalue weighted by atomic mass is 9.80. The molecule has 0 radical (unpaired) electrons. The van der Waals surface area contributed by atoms with Crippen LogP contribution < -0.4 is 0 Å². The molecule has 126 valence electrons. The summed E-state index contributed by atoms with van der Waals surface area (Å²) in [6.07, 6.45) is 6.63. The van der Waals surface area contributed by atoms with E-state index in [0.29, 0.717) is 18.5 Å². The Kier molecular flexibility index (Phi) is 5.37. The third-order valence-electron chi connectivity index (χ3n) is 5.88. The van der Waals surface area contributed by atoms with Gasteiger partial charge in [0.25, 0.3) is 0 Å². The van der Waals surface area contributed by atoms with Crippen LogP contribution in [0.2, 0.25) is 0 Å². The van der Waals surface area contributed by atoms with Crippen LogP contribution in [0.15, 0.2) is 0 Å². The standard InChI is InChI=1S/C17H31N3O2/c1-18-9-11-19(12-10-18)17(22)13-20-8-4-6-15(20)14-5-2-3-7-16(14)21/h14-16,21H,2-13H2,1H3/t14-,15-,16+/m1/s1. The lowest BCUT2D eigenvalue weighted by molar-refractivity contribution is -0.134. The van der Waals surface area contributed by atoms with Crippen LogP contribution in [-0.2, 0) is 4.79 Å². The summed E-state index contributed by atoms with van der Waals surface area (Å²) in [7, 11) is 2.11. The molecule has 1 N–H and O–H groups in total. The van der Waals surface area contributed by atoms with Crippen LogP contribution in [0.1, 0.15) is 38.5 Å². The van der Waals surface area contributed by atoms with Gasteiger partial charge in [-0.3, -0.25) is 9.69 Å². The first-order valence-electron chi connectivity index (χ1n) is 9.03. The van der Waals surface area contributed by atoms with Crippen molar-refractivity contribution in [3.63, 3.8) is 0 Å². The van der Waals surface area contributed by atoms with Gasteiger partial charge in [-0.15, -0.1) is 0 Å². The second-order valence-electron chi connectivity index (χ2n) is 7.38. The monoisotopic (exact) mass is 309 g/mol. The van der Waals surface area contributed by atoms with Crippen LogP contribution in [0.3, 0.4) is 0 Å². The minimum Gasteiger partial charge on any atom is -0.393 e. The summed E-state index contributed by atoms with van der Waals surface area (Å²) in [6.45, 7) is 5.26. The number of likely N-dealkylation sites (N-methyl/N-ethyl adjacent to an activating group) is 1. The number of carbonyl (C=O) groups excluding carboxylic acids is 1. The summed E-state index contributed by atoms with van der Waals surface area (Å²) in [5.41, 5.74) is 0. The second-order valence-corrected chi connectivity index (χ2v) is 7.38. The number of amides is 1. The summed E-state index contributed by atoms with van der Waals surface area (Å²) in [4.78, 5) is 19.2. The van der Waals surface area contributed by atoms with E-state index in [1.54, 1.807) is 0 Å². The second kappa shape index (κ2) is 7.28. The van der Waals surface area contributed by atoms with Gasteiger partial charge < -0.3 is 14.9 Å². The lowest BCUT2D eigenvalue weighted by Gasteiger charge is -2.38. The summed E-state index contributed by atoms with van der Waals surface area (Å²) in [6, 6.07) is 0.423. The van der Waals surface area contributed by atoms with E-state index < -0.39 is 0 Å². The van der Waals surface area contributed by atoms with Gasteiger partial charge in [-0.25, -0.2) is 0 Å². The fraction of sp³-hybridized carbons (Fsp3) is 0.941. The zero-order chi connectivity index (χ0) is 15.5. The molecule has 3 atom stereocenters. The van der Waals surface area contributed by atoms with Crippen molar-refractivity contribution in [3.05, 3.63) is 0 Å². The average molecular weight is 309 g/mol. The van der Waals surface area contributed by atoms with E-state index in [9.17, 15) is 9.90 Å². The van der Waals surface area contributed by atoms with Crippen molar-refractivity contribution in [3.8, 4) is 0 Å². The molecule has 0 aromatic heterocycles. The van der Waals surface area contributed by atoms with Crippen molar-refractivity contribution >= 4 is 5.91 Å². The van der Waals surface area contributed by atoms with Crippen LogP contribution in [0.25, 0.3) is 0 Å². The van der Waals surface area contributed by atoms with E-state index in [4.69, 9.17) is 0 Å². The summed E-state index contributed by atoms with van der Waals surface area (Å²) >= 11 is 0. The quantitative estimate of drug-likeness (QED) is 0.837. The molecular weight excluding hydrogens is 278 g/mol. The summed E-state index contributed by atoms with van der Waals surface area (Å²) in [5, 5.41) is 10.3. The predicted molar refractivity (Wildman–Crippen MR) is 86.6 cm³/mol. The van der Waals surface area contributed by atoms with Gasteiger partial charge in [-0.1, -0.05) is 12.8 Å². The van der Waals surface area contributed by atoms with Crippen LogP contribution in [-0.4, -0.2) is 84.2 Å². The fourth-order valence-electron chi connectivity index (χ4n) is 4.45. The molecule has 1 amide bonds. The van der Waals surface area contributed by atoms with E-state index in [-0.39, 0.29) is 12.0 Å². The smallest absolute Gasteiger partial charge is 0.236 e. The molecule has 0 aromatic rings. The molecular formula is C17H31N3O2. The van der Waals surface area contributed by atoms with Crippen molar-refractivity contribution in [2.45, 2.75) is 50.7 Å². The van der Waals surface area contributed by atoms with Gasteiger partial charge in [-0.2, -0.15) is 0 Å². The topological polar surface area (TPSA) is 47.0 Å². The number of hydrogen-bond acceptors (Lipinski definition) is 4. The van der Waals surface area contributed by atoms with Crippen molar-refractivity contribution in [1.29, 1.82) is 0 Å². The Labute approximate surface area is 134 Å². The first kappa shape index (κ1) is 16.2. The van der Waals surface area contributed by atoms with E-state index in [1.807, 2.05) is 4.90 Å². The maximum atomic E-state index is 12.6. The van der Waals surface area contributed by atoms with Crippen LogP contribution >= 0.6 is 0 Å². The number of aliphatic hydroxyl groups is 1. The van der Waals surface area contributed by atoms with Crippen LogP contribution in [0.5, 0.6) is 0 Å². The molecule has 3 fully saturated rings. The van der Waals surface area contributed by atoms with Gasteiger partial charge in [0.1, 0.15) is 0 Å². The van der Waals surface area contributed by atoms with Crippen molar-refractivity contribution in [2.24, 2.45) is 5.92 Å². The number of rotatable bonds is 3. The third kappa shape index (κ3) is 3.63. The number of piperazine rings is 1. The molecule has 1 saturated carbocycles. The minimum absolute atomic E-state index is 0.155. The normalized spacial score (nSPS) is 35.0. The van der Waals surface area contributed by atoms with E-state index >= 15 is 0 Å². The Morgan fingerprint density at radius 1 is 1.00 bits per heavy atom. The third-order valence-corrected chi connectivity index (χ3v) is 5.88. The lowest BCUT2D eigenvalue weighted by Crippen LogP contribution is -2.52.